The standard InChI is InChI=1S/C25H28N2O4/c1-16-11-12-17(2)20(13-16)27-25(28)23(18-9-7-6-8-10-18)26-19-14-21(29-3)24(31-5)22(15-19)30-4/h6-15,23,26H,1-5H3,(H,27,28)/t23-/m1/s1. The molecule has 6 heteroatoms. The number of rotatable bonds is 8. The number of aryl methyl sites for hydroxylation is 2. The van der Waals surface area contributed by atoms with Gasteiger partial charge in [-0.05, 0) is 36.6 Å². The molecule has 1 atom stereocenters. The first-order chi connectivity index (χ1) is 15.0. The predicted octanol–water partition coefficient (Wildman–Crippen LogP) is 5.12. The molecule has 2 N–H and O–H groups in total. The Balaban J connectivity index is 1.97. The number of methoxy groups -OCH3 is 3. The van der Waals surface area contributed by atoms with Gasteiger partial charge < -0.3 is 24.8 Å². The summed E-state index contributed by atoms with van der Waals surface area (Å²) in [5, 5.41) is 6.38. The van der Waals surface area contributed by atoms with Gasteiger partial charge in [0.05, 0.1) is 21.3 Å². The maximum Gasteiger partial charge on any atom is 0.251 e. The van der Waals surface area contributed by atoms with Crippen LogP contribution in [0.4, 0.5) is 11.4 Å². The lowest BCUT2D eigenvalue weighted by Crippen LogP contribution is -2.27. The third-order valence-corrected chi connectivity index (χ3v) is 5.02. The number of anilines is 2. The molecule has 162 valence electrons. The smallest absolute Gasteiger partial charge is 0.251 e. The number of nitrogens with one attached hydrogen (secondary N) is 2. The minimum Gasteiger partial charge on any atom is -0.493 e. The molecule has 31 heavy (non-hydrogen) atoms. The Bertz CT molecular complexity index is 1030. The zero-order valence-electron chi connectivity index (χ0n) is 18.5. The number of ether oxygens (including phenoxy) is 3. The van der Waals surface area contributed by atoms with Gasteiger partial charge in [0.2, 0.25) is 5.75 Å². The molecule has 0 aromatic heterocycles. The van der Waals surface area contributed by atoms with E-state index in [-0.39, 0.29) is 5.91 Å². The topological polar surface area (TPSA) is 68.8 Å². The molecule has 0 saturated carbocycles. The molecule has 0 heterocycles. The Morgan fingerprint density at radius 1 is 0.839 bits per heavy atom. The Labute approximate surface area is 183 Å². The average Bonchev–Trinajstić information content (AvgIpc) is 2.79. The molecular formula is C25H28N2O4. The van der Waals surface area contributed by atoms with Gasteiger partial charge in [-0.25, -0.2) is 0 Å². The van der Waals surface area contributed by atoms with Crippen molar-refractivity contribution in [1.29, 1.82) is 0 Å². The lowest BCUT2D eigenvalue weighted by Gasteiger charge is -2.22. The van der Waals surface area contributed by atoms with E-state index < -0.39 is 6.04 Å². The van der Waals surface area contributed by atoms with Crippen molar-refractivity contribution in [2.24, 2.45) is 0 Å². The van der Waals surface area contributed by atoms with Crippen molar-refractivity contribution in [2.75, 3.05) is 32.0 Å². The summed E-state index contributed by atoms with van der Waals surface area (Å²) in [7, 11) is 4.67. The van der Waals surface area contributed by atoms with Crippen LogP contribution in [0.25, 0.3) is 0 Å². The fourth-order valence-corrected chi connectivity index (χ4v) is 3.35. The first-order valence-corrected chi connectivity index (χ1v) is 9.96. The third-order valence-electron chi connectivity index (χ3n) is 5.02. The predicted molar refractivity (Wildman–Crippen MR) is 123 cm³/mol. The summed E-state index contributed by atoms with van der Waals surface area (Å²) in [6.07, 6.45) is 0. The van der Waals surface area contributed by atoms with E-state index in [2.05, 4.69) is 10.6 Å². The molecule has 3 rings (SSSR count). The third kappa shape index (κ3) is 5.09. The van der Waals surface area contributed by atoms with Crippen LogP contribution in [0.5, 0.6) is 17.2 Å². The zero-order valence-corrected chi connectivity index (χ0v) is 18.5. The van der Waals surface area contributed by atoms with Crippen LogP contribution in [0.1, 0.15) is 22.7 Å². The first-order valence-electron chi connectivity index (χ1n) is 9.96. The van der Waals surface area contributed by atoms with Gasteiger partial charge in [0.15, 0.2) is 11.5 Å². The van der Waals surface area contributed by atoms with Gasteiger partial charge in [-0.15, -0.1) is 0 Å². The monoisotopic (exact) mass is 420 g/mol. The molecule has 0 aliphatic rings. The lowest BCUT2D eigenvalue weighted by atomic mass is 10.0. The zero-order chi connectivity index (χ0) is 22.4. The number of hydrogen-bond donors (Lipinski definition) is 2. The van der Waals surface area contributed by atoms with Gasteiger partial charge >= 0.3 is 0 Å². The summed E-state index contributed by atoms with van der Waals surface area (Å²) in [4.78, 5) is 13.4. The van der Waals surface area contributed by atoms with Gasteiger partial charge in [-0.1, -0.05) is 42.5 Å². The van der Waals surface area contributed by atoms with E-state index in [9.17, 15) is 4.79 Å². The fraction of sp³-hybridized carbons (Fsp3) is 0.240. The van der Waals surface area contributed by atoms with Crippen LogP contribution in [-0.4, -0.2) is 27.2 Å². The highest BCUT2D eigenvalue weighted by molar-refractivity contribution is 5.98. The molecule has 0 fully saturated rings. The van der Waals surface area contributed by atoms with Crippen molar-refractivity contribution < 1.29 is 19.0 Å². The van der Waals surface area contributed by atoms with Crippen molar-refractivity contribution in [3.63, 3.8) is 0 Å². The number of carbonyl (C=O) groups excluding carboxylic acids is 1. The molecule has 6 nitrogen and oxygen atoms in total. The Hall–Kier alpha value is -3.67. The Kier molecular flexibility index (Phi) is 7.03. The van der Waals surface area contributed by atoms with E-state index in [1.54, 1.807) is 33.5 Å². The van der Waals surface area contributed by atoms with Gasteiger partial charge in [0, 0.05) is 23.5 Å². The number of carbonyl (C=O) groups is 1. The number of benzene rings is 3. The first kappa shape index (κ1) is 22.0. The summed E-state index contributed by atoms with van der Waals surface area (Å²) in [6.45, 7) is 3.97. The molecule has 0 unspecified atom stereocenters. The van der Waals surface area contributed by atoms with E-state index in [0.29, 0.717) is 22.9 Å². The highest BCUT2D eigenvalue weighted by atomic mass is 16.5. The summed E-state index contributed by atoms with van der Waals surface area (Å²) in [5.41, 5.74) is 4.37. The summed E-state index contributed by atoms with van der Waals surface area (Å²) < 4.78 is 16.3. The van der Waals surface area contributed by atoms with Gasteiger partial charge in [0.1, 0.15) is 6.04 Å². The van der Waals surface area contributed by atoms with Crippen LogP contribution in [-0.2, 0) is 4.79 Å². The molecule has 0 aliphatic heterocycles. The molecular weight excluding hydrogens is 392 g/mol. The van der Waals surface area contributed by atoms with Gasteiger partial charge in [-0.2, -0.15) is 0 Å². The Morgan fingerprint density at radius 2 is 1.48 bits per heavy atom. The highest BCUT2D eigenvalue weighted by Gasteiger charge is 2.23. The highest BCUT2D eigenvalue weighted by Crippen LogP contribution is 2.40. The van der Waals surface area contributed by atoms with E-state index in [1.807, 2.05) is 62.4 Å². The lowest BCUT2D eigenvalue weighted by molar-refractivity contribution is -0.117. The molecule has 3 aromatic carbocycles. The van der Waals surface area contributed by atoms with Crippen molar-refractivity contribution in [3.05, 3.63) is 77.4 Å². The molecule has 0 bridgehead atoms. The molecule has 3 aromatic rings. The molecule has 0 aliphatic carbocycles. The second kappa shape index (κ2) is 9.89. The van der Waals surface area contributed by atoms with Crippen LogP contribution in [0.15, 0.2) is 60.7 Å². The van der Waals surface area contributed by atoms with Crippen LogP contribution in [0.3, 0.4) is 0 Å². The molecule has 0 spiro atoms. The minimum atomic E-state index is -0.635. The van der Waals surface area contributed by atoms with Gasteiger partial charge in [-0.3, -0.25) is 4.79 Å². The maximum absolute atomic E-state index is 13.4. The van der Waals surface area contributed by atoms with Crippen molar-refractivity contribution in [2.45, 2.75) is 19.9 Å². The molecule has 0 radical (unpaired) electrons. The Morgan fingerprint density at radius 3 is 2.06 bits per heavy atom. The van der Waals surface area contributed by atoms with Crippen LogP contribution < -0.4 is 24.8 Å². The normalized spacial score (nSPS) is 11.4. The second-order valence-corrected chi connectivity index (χ2v) is 7.21. The van der Waals surface area contributed by atoms with E-state index in [1.165, 1.54) is 0 Å². The summed E-state index contributed by atoms with van der Waals surface area (Å²) in [5.74, 6) is 1.33. The van der Waals surface area contributed by atoms with E-state index >= 15 is 0 Å². The maximum atomic E-state index is 13.4. The van der Waals surface area contributed by atoms with Crippen molar-refractivity contribution in [1.82, 2.24) is 0 Å². The van der Waals surface area contributed by atoms with Gasteiger partial charge in [0.25, 0.3) is 5.91 Å². The minimum absolute atomic E-state index is 0.173. The average molecular weight is 421 g/mol. The second-order valence-electron chi connectivity index (χ2n) is 7.21. The van der Waals surface area contributed by atoms with E-state index in [0.717, 1.165) is 22.4 Å². The number of hydrogen-bond acceptors (Lipinski definition) is 5. The summed E-state index contributed by atoms with van der Waals surface area (Å²) in [6, 6.07) is 18.5. The SMILES string of the molecule is COc1cc(N[C@@H](C(=O)Nc2cc(C)ccc2C)c2ccccc2)cc(OC)c1OC. The van der Waals surface area contributed by atoms with Crippen LogP contribution in [0, 0.1) is 13.8 Å². The quantitative estimate of drug-likeness (QED) is 0.529. The van der Waals surface area contributed by atoms with Crippen LogP contribution >= 0.6 is 0 Å². The molecule has 0 saturated heterocycles. The van der Waals surface area contributed by atoms with Crippen LogP contribution in [0.2, 0.25) is 0 Å². The van der Waals surface area contributed by atoms with Crippen molar-refractivity contribution in [3.8, 4) is 17.2 Å². The number of amides is 1. The summed E-state index contributed by atoms with van der Waals surface area (Å²) >= 11 is 0. The molecule has 1 amide bonds. The van der Waals surface area contributed by atoms with E-state index in [4.69, 9.17) is 14.2 Å². The van der Waals surface area contributed by atoms with Crippen molar-refractivity contribution >= 4 is 17.3 Å². The largest absolute Gasteiger partial charge is 0.493 e. The fourth-order valence-electron chi connectivity index (χ4n) is 3.35.